The second-order valence-electron chi connectivity index (χ2n) is 3.72. The summed E-state index contributed by atoms with van der Waals surface area (Å²) in [7, 11) is 0. The third-order valence-electron chi connectivity index (χ3n) is 2.49. The van der Waals surface area contributed by atoms with Crippen molar-refractivity contribution in [3.8, 4) is 0 Å². The van der Waals surface area contributed by atoms with Crippen molar-refractivity contribution in [2.24, 2.45) is 5.92 Å². The van der Waals surface area contributed by atoms with E-state index < -0.39 is 0 Å². The highest BCUT2D eigenvalue weighted by atomic mass is 16.1. The third-order valence-corrected chi connectivity index (χ3v) is 2.49. The molecule has 0 amide bonds. The first kappa shape index (κ1) is 9.13. The number of nitrogens with zero attached hydrogens (tertiary/aromatic N) is 1. The zero-order valence-corrected chi connectivity index (χ0v) is 8.23. The van der Waals surface area contributed by atoms with E-state index in [1.54, 1.807) is 12.3 Å². The summed E-state index contributed by atoms with van der Waals surface area (Å²) in [5.41, 5.74) is 3.32. The lowest BCUT2D eigenvalue weighted by molar-refractivity contribution is -0.104. The number of aromatic nitrogens is 1. The number of pyridine rings is 1. The maximum atomic E-state index is 10.5. The molecule has 0 saturated heterocycles. The second kappa shape index (κ2) is 3.74. The van der Waals surface area contributed by atoms with Crippen LogP contribution in [-0.4, -0.2) is 11.3 Å². The van der Waals surface area contributed by atoms with Crippen molar-refractivity contribution in [2.75, 3.05) is 0 Å². The van der Waals surface area contributed by atoms with Crippen molar-refractivity contribution in [1.82, 2.24) is 4.98 Å². The third kappa shape index (κ3) is 1.90. The Kier molecular flexibility index (Phi) is 2.44. The number of rotatable bonds is 3. The van der Waals surface area contributed by atoms with E-state index in [9.17, 15) is 4.79 Å². The smallest absolute Gasteiger partial charge is 0.143 e. The molecular weight excluding hydrogens is 174 g/mol. The monoisotopic (exact) mass is 187 g/mol. The fourth-order valence-electron chi connectivity index (χ4n) is 1.66. The highest BCUT2D eigenvalue weighted by Crippen LogP contribution is 2.41. The van der Waals surface area contributed by atoms with Crippen LogP contribution in [-0.2, 0) is 4.79 Å². The first-order chi connectivity index (χ1) is 6.81. The molecule has 0 aliphatic heterocycles. The minimum atomic E-state index is 0.599. The number of carbonyl (C=O) groups excluding carboxylic acids is 1. The summed E-state index contributed by atoms with van der Waals surface area (Å²) in [5.74, 6) is 0.599. The summed E-state index contributed by atoms with van der Waals surface area (Å²) < 4.78 is 0. The Bertz CT molecular complexity index is 378. The van der Waals surface area contributed by atoms with E-state index in [1.165, 1.54) is 18.4 Å². The molecule has 72 valence electrons. The molecule has 0 radical (unpaired) electrons. The number of hydrogen-bond donors (Lipinski definition) is 0. The molecule has 1 aromatic rings. The molecule has 1 fully saturated rings. The van der Waals surface area contributed by atoms with Crippen molar-refractivity contribution in [3.63, 3.8) is 0 Å². The molecule has 2 heteroatoms. The fraction of sp³-hybridized carbons (Fsp3) is 0.333. The Morgan fingerprint density at radius 1 is 1.57 bits per heavy atom. The van der Waals surface area contributed by atoms with E-state index in [4.69, 9.17) is 0 Å². The zero-order chi connectivity index (χ0) is 9.97. The van der Waals surface area contributed by atoms with Gasteiger partial charge in [-0.3, -0.25) is 9.78 Å². The van der Waals surface area contributed by atoms with Crippen LogP contribution >= 0.6 is 0 Å². The van der Waals surface area contributed by atoms with Gasteiger partial charge in [-0.15, -0.1) is 0 Å². The molecule has 1 aliphatic rings. The van der Waals surface area contributed by atoms with Gasteiger partial charge >= 0.3 is 0 Å². The number of aldehydes is 1. The molecule has 1 saturated carbocycles. The zero-order valence-electron chi connectivity index (χ0n) is 8.23. The summed E-state index contributed by atoms with van der Waals surface area (Å²) in [6, 6.07) is 4.01. The molecule has 1 heterocycles. The van der Waals surface area contributed by atoms with Crippen LogP contribution in [0.1, 0.15) is 24.1 Å². The minimum Gasteiger partial charge on any atom is -0.299 e. The van der Waals surface area contributed by atoms with Gasteiger partial charge < -0.3 is 0 Å². The highest BCUT2D eigenvalue weighted by Gasteiger charge is 2.26. The molecule has 0 atom stereocenters. The van der Waals surface area contributed by atoms with Gasteiger partial charge in [-0.2, -0.15) is 0 Å². The van der Waals surface area contributed by atoms with Crippen LogP contribution in [0.2, 0.25) is 0 Å². The summed E-state index contributed by atoms with van der Waals surface area (Å²) in [6.45, 7) is 1.97. The van der Waals surface area contributed by atoms with Crippen molar-refractivity contribution < 1.29 is 4.79 Å². The van der Waals surface area contributed by atoms with Crippen molar-refractivity contribution in [3.05, 3.63) is 35.7 Å². The molecule has 14 heavy (non-hydrogen) atoms. The van der Waals surface area contributed by atoms with Gasteiger partial charge in [0.1, 0.15) is 6.29 Å². The predicted molar refractivity (Wildman–Crippen MR) is 55.7 cm³/mol. The van der Waals surface area contributed by atoms with E-state index in [0.29, 0.717) is 5.92 Å². The minimum absolute atomic E-state index is 0.599. The molecule has 2 nitrogen and oxygen atoms in total. The Morgan fingerprint density at radius 3 is 2.93 bits per heavy atom. The lowest BCUT2D eigenvalue weighted by Gasteiger charge is -2.04. The predicted octanol–water partition coefficient (Wildman–Crippen LogP) is 2.38. The van der Waals surface area contributed by atoms with Crippen LogP contribution in [0, 0.1) is 12.8 Å². The maximum Gasteiger partial charge on any atom is 0.143 e. The number of carbonyl (C=O) groups is 1. The van der Waals surface area contributed by atoms with Gasteiger partial charge in [0.05, 0.1) is 0 Å². The molecular formula is C12H13NO. The van der Waals surface area contributed by atoms with Crippen LogP contribution in [0.3, 0.4) is 0 Å². The molecule has 1 aromatic heterocycles. The average Bonchev–Trinajstić information content (AvgIpc) is 2.97. The van der Waals surface area contributed by atoms with Gasteiger partial charge in [0.25, 0.3) is 0 Å². The van der Waals surface area contributed by atoms with Gasteiger partial charge in [-0.1, -0.05) is 0 Å². The number of hydrogen-bond acceptors (Lipinski definition) is 2. The topological polar surface area (TPSA) is 30.0 Å². The lowest BCUT2D eigenvalue weighted by atomic mass is 10.0. The summed E-state index contributed by atoms with van der Waals surface area (Å²) in [6.07, 6.45) is 6.78. The van der Waals surface area contributed by atoms with Gasteiger partial charge in [0, 0.05) is 11.9 Å². The molecule has 0 N–H and O–H groups in total. The Labute approximate surface area is 83.7 Å². The maximum absolute atomic E-state index is 10.5. The van der Waals surface area contributed by atoms with Gasteiger partial charge in [0.15, 0.2) is 0 Å². The SMILES string of the molecule is Cc1cc(C(=CC=O)C2CC2)ccn1. The Balaban J connectivity index is 2.35. The summed E-state index contributed by atoms with van der Waals surface area (Å²) in [4.78, 5) is 14.7. The van der Waals surface area contributed by atoms with Crippen LogP contribution in [0.5, 0.6) is 0 Å². The summed E-state index contributed by atoms with van der Waals surface area (Å²) >= 11 is 0. The lowest BCUT2D eigenvalue weighted by Crippen LogP contribution is -1.90. The van der Waals surface area contributed by atoms with Crippen molar-refractivity contribution >= 4 is 11.9 Å². The molecule has 0 spiro atoms. The Morgan fingerprint density at radius 2 is 2.36 bits per heavy atom. The number of allylic oxidation sites excluding steroid dienone is 2. The van der Waals surface area contributed by atoms with Crippen molar-refractivity contribution in [2.45, 2.75) is 19.8 Å². The molecule has 0 bridgehead atoms. The van der Waals surface area contributed by atoms with E-state index in [0.717, 1.165) is 17.5 Å². The van der Waals surface area contributed by atoms with E-state index >= 15 is 0 Å². The molecule has 2 rings (SSSR count). The van der Waals surface area contributed by atoms with Crippen LogP contribution in [0.15, 0.2) is 24.4 Å². The highest BCUT2D eigenvalue weighted by molar-refractivity contribution is 5.83. The normalized spacial score (nSPS) is 16.8. The van der Waals surface area contributed by atoms with E-state index in [1.807, 2.05) is 19.1 Å². The first-order valence-electron chi connectivity index (χ1n) is 4.89. The number of aryl methyl sites for hydroxylation is 1. The van der Waals surface area contributed by atoms with Gasteiger partial charge in [-0.05, 0) is 55.0 Å². The average molecular weight is 187 g/mol. The van der Waals surface area contributed by atoms with Crippen LogP contribution in [0.25, 0.3) is 5.57 Å². The van der Waals surface area contributed by atoms with Gasteiger partial charge in [0.2, 0.25) is 0 Å². The van der Waals surface area contributed by atoms with Crippen LogP contribution < -0.4 is 0 Å². The second-order valence-corrected chi connectivity index (χ2v) is 3.72. The molecule has 1 aliphatic carbocycles. The largest absolute Gasteiger partial charge is 0.299 e. The van der Waals surface area contributed by atoms with E-state index in [2.05, 4.69) is 4.98 Å². The first-order valence-corrected chi connectivity index (χ1v) is 4.89. The van der Waals surface area contributed by atoms with Crippen LogP contribution in [0.4, 0.5) is 0 Å². The summed E-state index contributed by atoms with van der Waals surface area (Å²) in [5, 5.41) is 0. The Hall–Kier alpha value is -1.44. The molecule has 0 unspecified atom stereocenters. The van der Waals surface area contributed by atoms with E-state index in [-0.39, 0.29) is 0 Å². The fourth-order valence-corrected chi connectivity index (χ4v) is 1.66. The van der Waals surface area contributed by atoms with Gasteiger partial charge in [-0.25, -0.2) is 0 Å². The standard InChI is InChI=1S/C12H13NO/c1-9-8-11(4-6-13-9)12(5-7-14)10-2-3-10/h4-8,10H,2-3H2,1H3. The quantitative estimate of drug-likeness (QED) is 0.537. The van der Waals surface area contributed by atoms with Crippen molar-refractivity contribution in [1.29, 1.82) is 0 Å². The molecule has 0 aromatic carbocycles.